The number of aromatic amines is 1. The molecule has 1 aromatic heterocycles. The number of benzene rings is 1. The van der Waals surface area contributed by atoms with Crippen LogP contribution in [0, 0.1) is 0 Å². The second-order valence-corrected chi connectivity index (χ2v) is 10.4. The Morgan fingerprint density at radius 3 is 2.32 bits per heavy atom. The highest BCUT2D eigenvalue weighted by Gasteiger charge is 2.29. The Bertz CT molecular complexity index is 1040. The van der Waals surface area contributed by atoms with Gasteiger partial charge in [-0.2, -0.15) is 4.31 Å². The maximum Gasteiger partial charge on any atom is 0.355 e. The molecular weight excluding hydrogens is 420 g/mol. The van der Waals surface area contributed by atoms with E-state index in [0.717, 1.165) is 5.56 Å². The number of carbonyl (C=O) groups is 2. The van der Waals surface area contributed by atoms with Gasteiger partial charge in [0.05, 0.1) is 13.2 Å². The Labute approximate surface area is 182 Å². The van der Waals surface area contributed by atoms with Crippen LogP contribution in [0.15, 0.2) is 41.4 Å². The van der Waals surface area contributed by atoms with Gasteiger partial charge in [0.15, 0.2) is 6.10 Å². The number of nitrogens with one attached hydrogen (secondary N) is 1. The zero-order valence-electron chi connectivity index (χ0n) is 18.2. The van der Waals surface area contributed by atoms with Crippen LogP contribution in [0.5, 0.6) is 0 Å². The number of esters is 1. The number of sulfonamides is 1. The normalized spacial score (nSPS) is 16.6. The third-order valence-electron chi connectivity index (χ3n) is 5.17. The van der Waals surface area contributed by atoms with Crippen molar-refractivity contribution >= 4 is 21.8 Å². The Hall–Kier alpha value is -2.49. The number of nitrogens with zero attached hydrogens (tertiary/aromatic N) is 1. The van der Waals surface area contributed by atoms with Crippen molar-refractivity contribution in [1.82, 2.24) is 9.29 Å². The Morgan fingerprint density at radius 2 is 1.74 bits per heavy atom. The number of carbonyl (C=O) groups excluding carboxylic acids is 2. The lowest BCUT2D eigenvalue weighted by atomic mass is 9.86. The van der Waals surface area contributed by atoms with Crippen LogP contribution in [0.3, 0.4) is 0 Å². The number of Topliss-reactive ketones (excluding diaryl/α,β-unsaturated/α-hetero) is 1. The average molecular weight is 449 g/mol. The summed E-state index contributed by atoms with van der Waals surface area (Å²) in [7, 11) is -3.73. The van der Waals surface area contributed by atoms with Crippen molar-refractivity contribution in [2.45, 2.75) is 44.1 Å². The van der Waals surface area contributed by atoms with E-state index in [9.17, 15) is 18.0 Å². The van der Waals surface area contributed by atoms with E-state index in [0.29, 0.717) is 18.8 Å². The molecule has 9 heteroatoms. The van der Waals surface area contributed by atoms with Crippen molar-refractivity contribution in [3.8, 4) is 0 Å². The first-order chi connectivity index (χ1) is 14.5. The van der Waals surface area contributed by atoms with E-state index in [-0.39, 0.29) is 34.9 Å². The molecule has 0 saturated carbocycles. The molecule has 0 aliphatic carbocycles. The van der Waals surface area contributed by atoms with Crippen LogP contribution in [0.4, 0.5) is 0 Å². The molecule has 0 amide bonds. The fourth-order valence-electron chi connectivity index (χ4n) is 3.22. The number of hydrogen-bond donors (Lipinski definition) is 1. The van der Waals surface area contributed by atoms with Crippen molar-refractivity contribution in [2.75, 3.05) is 26.3 Å². The van der Waals surface area contributed by atoms with Gasteiger partial charge in [-0.3, -0.25) is 4.79 Å². The number of morpholine rings is 1. The SMILES string of the molecule is CC(OC(=O)c1cc(S(=O)(=O)N2CCOCC2)c[nH]1)C(=O)c1ccc(C(C)(C)C)cc1. The van der Waals surface area contributed by atoms with Gasteiger partial charge in [-0.05, 0) is 24.0 Å². The van der Waals surface area contributed by atoms with Crippen molar-refractivity contribution in [2.24, 2.45) is 0 Å². The summed E-state index contributed by atoms with van der Waals surface area (Å²) < 4.78 is 37.1. The first kappa shape index (κ1) is 23.2. The van der Waals surface area contributed by atoms with E-state index >= 15 is 0 Å². The molecule has 1 aromatic carbocycles. The minimum Gasteiger partial charge on any atom is -0.450 e. The molecule has 1 atom stereocenters. The third-order valence-corrected chi connectivity index (χ3v) is 7.05. The second kappa shape index (κ2) is 8.94. The largest absolute Gasteiger partial charge is 0.450 e. The highest BCUT2D eigenvalue weighted by molar-refractivity contribution is 7.89. The highest BCUT2D eigenvalue weighted by Crippen LogP contribution is 2.23. The van der Waals surface area contributed by atoms with Gasteiger partial charge in [0.25, 0.3) is 0 Å². The van der Waals surface area contributed by atoms with Crippen molar-refractivity contribution in [1.29, 1.82) is 0 Å². The molecule has 2 aromatic rings. The lowest BCUT2D eigenvalue weighted by Gasteiger charge is -2.25. The fraction of sp³-hybridized carbons (Fsp3) is 0.455. The zero-order valence-corrected chi connectivity index (χ0v) is 19.0. The first-order valence-corrected chi connectivity index (χ1v) is 11.6. The van der Waals surface area contributed by atoms with Gasteiger partial charge in [0.2, 0.25) is 15.8 Å². The van der Waals surface area contributed by atoms with Crippen molar-refractivity contribution in [3.63, 3.8) is 0 Å². The third kappa shape index (κ3) is 5.23. The van der Waals surface area contributed by atoms with Gasteiger partial charge in [-0.25, -0.2) is 13.2 Å². The van der Waals surface area contributed by atoms with E-state index in [1.807, 2.05) is 12.1 Å². The molecule has 1 N–H and O–H groups in total. The molecule has 0 spiro atoms. The summed E-state index contributed by atoms with van der Waals surface area (Å²) in [6.45, 7) is 8.91. The minimum absolute atomic E-state index is 0.0295. The second-order valence-electron chi connectivity index (χ2n) is 8.50. The van der Waals surface area contributed by atoms with Crippen molar-refractivity contribution in [3.05, 3.63) is 53.3 Å². The van der Waals surface area contributed by atoms with Crippen LogP contribution in [0.25, 0.3) is 0 Å². The summed E-state index contributed by atoms with van der Waals surface area (Å²) in [5.74, 6) is -1.13. The van der Waals surface area contributed by atoms with E-state index in [1.54, 1.807) is 12.1 Å². The summed E-state index contributed by atoms with van der Waals surface area (Å²) in [6, 6.07) is 8.43. The Kier molecular flexibility index (Phi) is 6.68. The van der Waals surface area contributed by atoms with Gasteiger partial charge in [-0.15, -0.1) is 0 Å². The molecule has 3 rings (SSSR count). The number of rotatable bonds is 6. The number of hydrogen-bond acceptors (Lipinski definition) is 6. The molecule has 0 bridgehead atoms. The van der Waals surface area contributed by atoms with E-state index < -0.39 is 22.1 Å². The maximum atomic E-state index is 12.7. The average Bonchev–Trinajstić information content (AvgIpc) is 3.24. The number of aromatic nitrogens is 1. The van der Waals surface area contributed by atoms with Gasteiger partial charge in [0.1, 0.15) is 10.6 Å². The van der Waals surface area contributed by atoms with Crippen LogP contribution in [0.2, 0.25) is 0 Å². The molecule has 0 radical (unpaired) electrons. The van der Waals surface area contributed by atoms with E-state index in [2.05, 4.69) is 25.8 Å². The molecule has 1 aliphatic heterocycles. The van der Waals surface area contributed by atoms with E-state index in [4.69, 9.17) is 9.47 Å². The first-order valence-electron chi connectivity index (χ1n) is 10.1. The quantitative estimate of drug-likeness (QED) is 0.538. The summed E-state index contributed by atoms with van der Waals surface area (Å²) >= 11 is 0. The highest BCUT2D eigenvalue weighted by atomic mass is 32.2. The number of H-pyrrole nitrogens is 1. The fourth-order valence-corrected chi connectivity index (χ4v) is 4.63. The number of ketones is 1. The van der Waals surface area contributed by atoms with Crippen LogP contribution < -0.4 is 0 Å². The summed E-state index contributed by atoms with van der Waals surface area (Å²) in [5, 5.41) is 0. The molecule has 168 valence electrons. The molecule has 8 nitrogen and oxygen atoms in total. The van der Waals surface area contributed by atoms with Crippen molar-refractivity contribution < 1.29 is 27.5 Å². The molecule has 1 saturated heterocycles. The maximum absolute atomic E-state index is 12.7. The minimum atomic E-state index is -3.73. The summed E-state index contributed by atoms with van der Waals surface area (Å²) in [4.78, 5) is 27.7. The molecule has 1 fully saturated rings. The Morgan fingerprint density at radius 1 is 1.13 bits per heavy atom. The van der Waals surface area contributed by atoms with Gasteiger partial charge in [-0.1, -0.05) is 45.0 Å². The van der Waals surface area contributed by atoms with Gasteiger partial charge < -0.3 is 14.5 Å². The topological polar surface area (TPSA) is 106 Å². The van der Waals surface area contributed by atoms with Gasteiger partial charge in [0, 0.05) is 24.8 Å². The van der Waals surface area contributed by atoms with Crippen LogP contribution >= 0.6 is 0 Å². The molecule has 1 unspecified atom stereocenters. The lowest BCUT2D eigenvalue weighted by Crippen LogP contribution is -2.40. The van der Waals surface area contributed by atoms with Gasteiger partial charge >= 0.3 is 5.97 Å². The molecule has 2 heterocycles. The molecule has 31 heavy (non-hydrogen) atoms. The number of ether oxygens (including phenoxy) is 2. The predicted molar refractivity (Wildman–Crippen MR) is 115 cm³/mol. The smallest absolute Gasteiger partial charge is 0.355 e. The summed E-state index contributed by atoms with van der Waals surface area (Å²) in [5.41, 5.74) is 1.46. The Balaban J connectivity index is 1.67. The van der Waals surface area contributed by atoms with Crippen LogP contribution in [0.1, 0.15) is 54.1 Å². The monoisotopic (exact) mass is 448 g/mol. The molecule has 1 aliphatic rings. The summed E-state index contributed by atoms with van der Waals surface area (Å²) in [6.07, 6.45) is 0.231. The van der Waals surface area contributed by atoms with E-state index in [1.165, 1.54) is 23.5 Å². The van der Waals surface area contributed by atoms with Crippen LogP contribution in [-0.4, -0.2) is 61.9 Å². The van der Waals surface area contributed by atoms with Crippen LogP contribution in [-0.2, 0) is 24.9 Å². The lowest BCUT2D eigenvalue weighted by molar-refractivity contribution is 0.0313. The molecular formula is C22H28N2O6S. The zero-order chi connectivity index (χ0) is 22.8. The predicted octanol–water partition coefficient (Wildman–Crippen LogP) is 2.76. The standard InChI is InChI=1S/C22H28N2O6S/c1-15(20(25)16-5-7-17(8-6-16)22(2,3)4)30-21(26)19-13-18(14-23-19)31(27,28)24-9-11-29-12-10-24/h5-8,13-15,23H,9-12H2,1-4H3.